The molecular formula is C16H23ClFN3O2. The minimum Gasteiger partial charge on any atom is -0.345 e. The molecule has 0 heterocycles. The molecule has 1 saturated carbocycles. The summed E-state index contributed by atoms with van der Waals surface area (Å²) in [6.07, 6.45) is 3.32. The van der Waals surface area contributed by atoms with Crippen LogP contribution in [0.2, 0.25) is 0 Å². The topological polar surface area (TPSA) is 75.4 Å². The fraction of sp³-hybridized carbons (Fsp3) is 0.500. The van der Waals surface area contributed by atoms with Crippen LogP contribution in [0, 0.1) is 11.7 Å². The highest BCUT2D eigenvalue weighted by Crippen LogP contribution is 2.27. The number of carbonyl (C=O) groups is 2. The number of benzene rings is 1. The van der Waals surface area contributed by atoms with Crippen molar-refractivity contribution in [1.29, 1.82) is 0 Å². The second kappa shape index (κ2) is 8.26. The van der Waals surface area contributed by atoms with Gasteiger partial charge in [-0.25, -0.2) is 4.39 Å². The first-order chi connectivity index (χ1) is 10.4. The van der Waals surface area contributed by atoms with Gasteiger partial charge in [-0.2, -0.15) is 0 Å². The number of rotatable bonds is 4. The third-order valence-electron chi connectivity index (χ3n) is 4.05. The van der Waals surface area contributed by atoms with Crippen LogP contribution < -0.4 is 11.1 Å². The predicted octanol–water partition coefficient (Wildman–Crippen LogP) is 2.41. The molecule has 2 atom stereocenters. The number of hydrogen-bond acceptors (Lipinski definition) is 3. The molecule has 1 aliphatic carbocycles. The largest absolute Gasteiger partial charge is 0.345 e. The zero-order valence-electron chi connectivity index (χ0n) is 13.3. The third-order valence-corrected chi connectivity index (χ3v) is 4.05. The molecule has 1 aliphatic rings. The molecule has 0 saturated heterocycles. The van der Waals surface area contributed by atoms with Gasteiger partial charge >= 0.3 is 0 Å². The van der Waals surface area contributed by atoms with Gasteiger partial charge in [0.1, 0.15) is 5.82 Å². The molecule has 0 unspecified atom stereocenters. The third kappa shape index (κ3) is 4.91. The van der Waals surface area contributed by atoms with Crippen molar-refractivity contribution in [3.8, 4) is 0 Å². The second-order valence-electron chi connectivity index (χ2n) is 6.00. The van der Waals surface area contributed by atoms with Gasteiger partial charge in [-0.15, -0.1) is 12.4 Å². The number of nitrogens with zero attached hydrogens (tertiary/aromatic N) is 1. The van der Waals surface area contributed by atoms with E-state index in [1.165, 1.54) is 23.1 Å². The Hall–Kier alpha value is -1.66. The highest BCUT2D eigenvalue weighted by atomic mass is 35.5. The van der Waals surface area contributed by atoms with Crippen LogP contribution in [0.3, 0.4) is 0 Å². The van der Waals surface area contributed by atoms with Crippen molar-refractivity contribution < 1.29 is 14.0 Å². The van der Waals surface area contributed by atoms with Gasteiger partial charge in [0.2, 0.25) is 5.91 Å². The number of anilines is 1. The molecule has 1 aromatic carbocycles. The van der Waals surface area contributed by atoms with E-state index in [0.717, 1.165) is 19.3 Å². The summed E-state index contributed by atoms with van der Waals surface area (Å²) in [7, 11) is 3.10. The quantitative estimate of drug-likeness (QED) is 0.881. The van der Waals surface area contributed by atoms with E-state index in [2.05, 4.69) is 5.32 Å². The zero-order chi connectivity index (χ0) is 16.3. The monoisotopic (exact) mass is 343 g/mol. The van der Waals surface area contributed by atoms with Crippen LogP contribution in [-0.4, -0.2) is 36.9 Å². The summed E-state index contributed by atoms with van der Waals surface area (Å²) in [5.41, 5.74) is 6.32. The van der Waals surface area contributed by atoms with E-state index in [4.69, 9.17) is 5.73 Å². The molecule has 7 heteroatoms. The van der Waals surface area contributed by atoms with Crippen molar-refractivity contribution >= 4 is 29.9 Å². The number of nitrogens with two attached hydrogens (primary N) is 1. The van der Waals surface area contributed by atoms with Crippen LogP contribution >= 0.6 is 12.4 Å². The standard InChI is InChI=1S/C16H22FN3O2.ClH/c1-20(2)16(22)12-9-11(6-7-13(12)17)19-15(21)8-10-4-3-5-14(10)18;/h6-7,9-10,14H,3-5,8,18H2,1-2H3,(H,19,21);1H/t10-,14+;/m0./s1. The van der Waals surface area contributed by atoms with Gasteiger partial charge in [-0.05, 0) is 37.0 Å². The SMILES string of the molecule is CN(C)C(=O)c1cc(NC(=O)C[C@@H]2CCC[C@H]2N)ccc1F.Cl. The Morgan fingerprint density at radius 1 is 1.35 bits per heavy atom. The van der Waals surface area contributed by atoms with Crippen LogP contribution in [-0.2, 0) is 4.79 Å². The maximum absolute atomic E-state index is 13.7. The highest BCUT2D eigenvalue weighted by molar-refractivity contribution is 5.97. The van der Waals surface area contributed by atoms with Crippen molar-refractivity contribution in [3.05, 3.63) is 29.6 Å². The zero-order valence-corrected chi connectivity index (χ0v) is 14.2. The molecule has 23 heavy (non-hydrogen) atoms. The maximum atomic E-state index is 13.7. The van der Waals surface area contributed by atoms with Crippen LogP contribution in [0.25, 0.3) is 0 Å². The fourth-order valence-corrected chi connectivity index (χ4v) is 2.78. The van der Waals surface area contributed by atoms with Gasteiger partial charge in [0, 0.05) is 32.2 Å². The first-order valence-corrected chi connectivity index (χ1v) is 7.45. The highest BCUT2D eigenvalue weighted by Gasteiger charge is 2.26. The van der Waals surface area contributed by atoms with Crippen LogP contribution in [0.15, 0.2) is 18.2 Å². The Balaban J connectivity index is 0.00000264. The van der Waals surface area contributed by atoms with Crippen LogP contribution in [0.1, 0.15) is 36.0 Å². The van der Waals surface area contributed by atoms with Gasteiger partial charge in [0.05, 0.1) is 5.56 Å². The van der Waals surface area contributed by atoms with Crippen LogP contribution in [0.4, 0.5) is 10.1 Å². The van der Waals surface area contributed by atoms with Crippen molar-refractivity contribution in [2.45, 2.75) is 31.7 Å². The van der Waals surface area contributed by atoms with E-state index in [1.54, 1.807) is 14.1 Å². The lowest BCUT2D eigenvalue weighted by Gasteiger charge is -2.16. The Kier molecular flexibility index (Phi) is 6.97. The van der Waals surface area contributed by atoms with Crippen molar-refractivity contribution in [3.63, 3.8) is 0 Å². The first-order valence-electron chi connectivity index (χ1n) is 7.45. The number of hydrogen-bond donors (Lipinski definition) is 2. The van der Waals surface area contributed by atoms with Gasteiger partial charge in [-0.3, -0.25) is 9.59 Å². The molecule has 0 radical (unpaired) electrons. The molecule has 0 aromatic heterocycles. The molecule has 2 rings (SSSR count). The predicted molar refractivity (Wildman–Crippen MR) is 90.2 cm³/mol. The molecule has 1 aromatic rings. The van der Waals surface area contributed by atoms with E-state index in [0.29, 0.717) is 12.1 Å². The van der Waals surface area contributed by atoms with E-state index in [-0.39, 0.29) is 35.8 Å². The molecule has 3 N–H and O–H groups in total. The smallest absolute Gasteiger partial charge is 0.256 e. The number of amides is 2. The normalized spacial score (nSPS) is 19.8. The van der Waals surface area contributed by atoms with Crippen LogP contribution in [0.5, 0.6) is 0 Å². The maximum Gasteiger partial charge on any atom is 0.256 e. The van der Waals surface area contributed by atoms with E-state index < -0.39 is 11.7 Å². The molecule has 0 aliphatic heterocycles. The summed E-state index contributed by atoms with van der Waals surface area (Å²) >= 11 is 0. The minimum atomic E-state index is -0.602. The van der Waals surface area contributed by atoms with Gasteiger partial charge in [-0.1, -0.05) is 6.42 Å². The molecule has 0 spiro atoms. The second-order valence-corrected chi connectivity index (χ2v) is 6.00. The Morgan fingerprint density at radius 2 is 2.04 bits per heavy atom. The minimum absolute atomic E-state index is 0. The summed E-state index contributed by atoms with van der Waals surface area (Å²) in [5.74, 6) is -0.999. The van der Waals surface area contributed by atoms with Crippen molar-refractivity contribution in [1.82, 2.24) is 4.90 Å². The average Bonchev–Trinajstić information content (AvgIpc) is 2.85. The van der Waals surface area contributed by atoms with E-state index in [9.17, 15) is 14.0 Å². The molecule has 5 nitrogen and oxygen atoms in total. The number of nitrogens with one attached hydrogen (secondary N) is 1. The fourth-order valence-electron chi connectivity index (χ4n) is 2.78. The summed E-state index contributed by atoms with van der Waals surface area (Å²) in [5, 5.41) is 2.72. The summed E-state index contributed by atoms with van der Waals surface area (Å²) in [6, 6.07) is 4.08. The molecule has 0 bridgehead atoms. The number of halogens is 2. The average molecular weight is 344 g/mol. The Morgan fingerprint density at radius 3 is 2.61 bits per heavy atom. The van der Waals surface area contributed by atoms with Crippen molar-refractivity contribution in [2.24, 2.45) is 11.7 Å². The Bertz CT molecular complexity index is 580. The number of carbonyl (C=O) groups excluding carboxylic acids is 2. The summed E-state index contributed by atoms with van der Waals surface area (Å²) in [4.78, 5) is 25.2. The first kappa shape index (κ1) is 19.4. The van der Waals surface area contributed by atoms with E-state index in [1.807, 2.05) is 0 Å². The molecule has 2 amide bonds. The summed E-state index contributed by atoms with van der Waals surface area (Å²) in [6.45, 7) is 0. The lowest BCUT2D eigenvalue weighted by atomic mass is 10.00. The molecule has 1 fully saturated rings. The Labute approximate surface area is 141 Å². The van der Waals surface area contributed by atoms with E-state index >= 15 is 0 Å². The lowest BCUT2D eigenvalue weighted by molar-refractivity contribution is -0.117. The molecular weight excluding hydrogens is 321 g/mol. The molecule has 128 valence electrons. The van der Waals surface area contributed by atoms with Crippen molar-refractivity contribution in [2.75, 3.05) is 19.4 Å². The van der Waals surface area contributed by atoms with Gasteiger partial charge in [0.15, 0.2) is 0 Å². The lowest BCUT2D eigenvalue weighted by Crippen LogP contribution is -2.28. The summed E-state index contributed by atoms with van der Waals surface area (Å²) < 4.78 is 13.7. The van der Waals surface area contributed by atoms with Gasteiger partial charge < -0.3 is 16.0 Å². The van der Waals surface area contributed by atoms with Gasteiger partial charge in [0.25, 0.3) is 5.91 Å².